The van der Waals surface area contributed by atoms with E-state index in [0.29, 0.717) is 43.5 Å². The molecule has 18 nitrogen and oxygen atoms in total. The standard InChI is InChI=1S/C37H53N9O9S2/c1-37(2)31(32(39)51)45-35(54)27-12-7-15-46(27)36(55)26(17-21-19-40-23-10-4-3-9-22(21)23)44-34(53)25(18-30(49)50)43-29(48)20-41-33(52)24(11-5-6-14-38)42-28(47)13-8-16-56-57-37/h3-4,9-10,19,24-27,31,40H,5-8,11-18,20,38H2,1-2H3,(H2,39,51)(H,41,52)(H,42,47)(H,43,48)(H,44,53)(H,45,54)(H,49,50)/t24-,25-,26-,27?,31?/m0/s1. The number of aliphatic carboxylic acids is 1. The number of rotatable bonds is 9. The molecule has 0 spiro atoms. The van der Waals surface area contributed by atoms with Gasteiger partial charge in [0.1, 0.15) is 30.2 Å². The van der Waals surface area contributed by atoms with Crippen LogP contribution in [-0.2, 0) is 44.8 Å². The Morgan fingerprint density at radius 3 is 2.37 bits per heavy atom. The molecule has 2 unspecified atom stereocenters. The van der Waals surface area contributed by atoms with E-state index >= 15 is 0 Å². The Kier molecular flexibility index (Phi) is 16.6. The number of carbonyl (C=O) groups is 8. The van der Waals surface area contributed by atoms with Gasteiger partial charge in [0, 0.05) is 47.0 Å². The topological polar surface area (TPSA) is 288 Å². The highest BCUT2D eigenvalue weighted by molar-refractivity contribution is 8.77. The number of nitrogens with one attached hydrogen (secondary N) is 6. The summed E-state index contributed by atoms with van der Waals surface area (Å²) in [4.78, 5) is 110. The van der Waals surface area contributed by atoms with Crippen molar-refractivity contribution in [2.24, 2.45) is 11.5 Å². The van der Waals surface area contributed by atoms with Crippen LogP contribution in [-0.4, -0.2) is 123 Å². The van der Waals surface area contributed by atoms with Crippen molar-refractivity contribution in [1.29, 1.82) is 0 Å². The number of para-hydroxylation sites is 1. The van der Waals surface area contributed by atoms with Gasteiger partial charge in [-0.15, -0.1) is 0 Å². The molecule has 7 amide bonds. The second-order valence-corrected chi connectivity index (χ2v) is 17.7. The van der Waals surface area contributed by atoms with Crippen LogP contribution in [0, 0.1) is 0 Å². The summed E-state index contributed by atoms with van der Waals surface area (Å²) in [5.41, 5.74) is 12.8. The SMILES string of the molecule is CC1(C)SSCCCC(=O)N[C@@H](CCCCN)C(=O)NCC(=O)N[C@@H](CC(=O)O)C(=O)N[C@@H](Cc2c[nH]c3ccccc23)C(=O)N2CCCC2C(=O)NC1C(N)=O. The first-order valence-corrected chi connectivity index (χ1v) is 21.3. The minimum atomic E-state index is -1.66. The normalized spacial score (nSPS) is 25.0. The Morgan fingerprint density at radius 2 is 1.65 bits per heavy atom. The molecule has 2 aliphatic rings. The lowest BCUT2D eigenvalue weighted by atomic mass is 10.0. The smallest absolute Gasteiger partial charge is 0.305 e. The molecule has 0 bridgehead atoms. The van der Waals surface area contributed by atoms with Crippen LogP contribution >= 0.6 is 21.6 Å². The summed E-state index contributed by atoms with van der Waals surface area (Å²) >= 11 is 0. The first-order chi connectivity index (χ1) is 27.1. The molecule has 5 atom stereocenters. The fourth-order valence-corrected chi connectivity index (χ4v) is 9.53. The number of primary amides is 1. The van der Waals surface area contributed by atoms with E-state index in [1.807, 2.05) is 24.3 Å². The number of unbranched alkanes of at least 4 members (excludes halogenated alkanes) is 1. The molecule has 2 saturated heterocycles. The predicted octanol–water partition coefficient (Wildman–Crippen LogP) is -0.200. The average Bonchev–Trinajstić information content (AvgIpc) is 3.82. The minimum Gasteiger partial charge on any atom is -0.481 e. The third-order valence-electron chi connectivity index (χ3n) is 9.78. The van der Waals surface area contributed by atoms with Gasteiger partial charge in [-0.05, 0) is 70.5 Å². The number of aromatic nitrogens is 1. The predicted molar refractivity (Wildman–Crippen MR) is 215 cm³/mol. The molecule has 2 aliphatic heterocycles. The summed E-state index contributed by atoms with van der Waals surface area (Å²) in [7, 11) is 2.69. The maximum absolute atomic E-state index is 14.4. The van der Waals surface area contributed by atoms with Gasteiger partial charge in [0.2, 0.25) is 41.4 Å². The van der Waals surface area contributed by atoms with Crippen molar-refractivity contribution in [1.82, 2.24) is 36.5 Å². The zero-order valence-electron chi connectivity index (χ0n) is 32.1. The molecule has 1 aromatic heterocycles. The molecule has 4 rings (SSSR count). The first-order valence-electron chi connectivity index (χ1n) is 19.0. The van der Waals surface area contributed by atoms with Crippen molar-refractivity contribution in [2.45, 2.75) is 107 Å². The lowest BCUT2D eigenvalue weighted by Crippen LogP contribution is -2.61. The van der Waals surface area contributed by atoms with Crippen molar-refractivity contribution in [3.05, 3.63) is 36.0 Å². The van der Waals surface area contributed by atoms with E-state index in [4.69, 9.17) is 11.5 Å². The number of nitrogens with zero attached hydrogens (tertiary/aromatic N) is 1. The molecule has 57 heavy (non-hydrogen) atoms. The zero-order valence-corrected chi connectivity index (χ0v) is 33.7. The van der Waals surface area contributed by atoms with Gasteiger partial charge < -0.3 is 53.0 Å². The number of carboxylic acid groups (broad SMARTS) is 1. The molecular weight excluding hydrogens is 779 g/mol. The van der Waals surface area contributed by atoms with Crippen molar-refractivity contribution in [3.8, 4) is 0 Å². The van der Waals surface area contributed by atoms with Crippen LogP contribution in [0.1, 0.15) is 70.8 Å². The quantitative estimate of drug-likeness (QED) is 0.117. The van der Waals surface area contributed by atoms with E-state index in [2.05, 4.69) is 31.6 Å². The Bertz CT molecular complexity index is 1810. The lowest BCUT2D eigenvalue weighted by molar-refractivity contribution is -0.143. The summed E-state index contributed by atoms with van der Waals surface area (Å²) in [5.74, 6) is -5.88. The Hall–Kier alpha value is -4.82. The third kappa shape index (κ3) is 12.8. The van der Waals surface area contributed by atoms with Crippen LogP contribution in [0.2, 0.25) is 0 Å². The molecule has 11 N–H and O–H groups in total. The minimum absolute atomic E-state index is 0.0642. The van der Waals surface area contributed by atoms with Gasteiger partial charge in [-0.25, -0.2) is 0 Å². The van der Waals surface area contributed by atoms with Crippen molar-refractivity contribution in [2.75, 3.05) is 25.4 Å². The van der Waals surface area contributed by atoms with Crippen LogP contribution in [0.15, 0.2) is 30.5 Å². The van der Waals surface area contributed by atoms with Crippen LogP contribution in [0.5, 0.6) is 0 Å². The first kappa shape index (κ1) is 44.9. The Balaban J connectivity index is 1.67. The molecule has 20 heteroatoms. The van der Waals surface area contributed by atoms with Crippen molar-refractivity contribution < 1.29 is 43.5 Å². The summed E-state index contributed by atoms with van der Waals surface area (Å²) < 4.78 is -0.919. The summed E-state index contributed by atoms with van der Waals surface area (Å²) in [6.45, 7) is 3.39. The molecule has 312 valence electrons. The van der Waals surface area contributed by atoms with E-state index < -0.39 is 95.2 Å². The second-order valence-electron chi connectivity index (χ2n) is 14.6. The Morgan fingerprint density at radius 1 is 0.912 bits per heavy atom. The van der Waals surface area contributed by atoms with E-state index in [1.54, 1.807) is 20.0 Å². The van der Waals surface area contributed by atoms with Gasteiger partial charge in [-0.2, -0.15) is 0 Å². The Labute approximate surface area is 338 Å². The molecule has 0 radical (unpaired) electrons. The number of benzene rings is 1. The molecule has 2 fully saturated rings. The number of hydrogen-bond donors (Lipinski definition) is 9. The van der Waals surface area contributed by atoms with Crippen LogP contribution in [0.25, 0.3) is 10.9 Å². The van der Waals surface area contributed by atoms with E-state index in [-0.39, 0.29) is 32.2 Å². The van der Waals surface area contributed by atoms with Gasteiger partial charge in [0.05, 0.1) is 13.0 Å². The molecule has 0 saturated carbocycles. The lowest BCUT2D eigenvalue weighted by Gasteiger charge is -2.34. The van der Waals surface area contributed by atoms with E-state index in [9.17, 15) is 43.5 Å². The second kappa shape index (κ2) is 21.1. The number of H-pyrrole nitrogens is 1. The highest BCUT2D eigenvalue weighted by Crippen LogP contribution is 2.39. The zero-order chi connectivity index (χ0) is 41.7. The fraction of sp³-hybridized carbons (Fsp3) is 0.568. The number of hydrogen-bond acceptors (Lipinski definition) is 11. The summed E-state index contributed by atoms with van der Waals surface area (Å²) in [6.07, 6.45) is 3.30. The molecule has 2 aromatic rings. The van der Waals surface area contributed by atoms with Crippen molar-refractivity contribution in [3.63, 3.8) is 0 Å². The molecule has 3 heterocycles. The largest absolute Gasteiger partial charge is 0.481 e. The highest BCUT2D eigenvalue weighted by Gasteiger charge is 2.42. The van der Waals surface area contributed by atoms with Crippen LogP contribution in [0.3, 0.4) is 0 Å². The number of aromatic amines is 1. The number of nitrogens with two attached hydrogens (primary N) is 2. The van der Waals surface area contributed by atoms with Gasteiger partial charge in [-0.1, -0.05) is 39.8 Å². The van der Waals surface area contributed by atoms with Gasteiger partial charge in [0.25, 0.3) is 0 Å². The fourth-order valence-electron chi connectivity index (χ4n) is 6.80. The summed E-state index contributed by atoms with van der Waals surface area (Å²) in [6, 6.07) is 1.15. The van der Waals surface area contributed by atoms with Gasteiger partial charge >= 0.3 is 5.97 Å². The molecule has 0 aliphatic carbocycles. The molecular formula is C37H53N9O9S2. The van der Waals surface area contributed by atoms with Gasteiger partial charge in [0.15, 0.2) is 0 Å². The van der Waals surface area contributed by atoms with E-state index in [1.165, 1.54) is 26.5 Å². The van der Waals surface area contributed by atoms with Crippen LogP contribution in [0.4, 0.5) is 0 Å². The van der Waals surface area contributed by atoms with Crippen LogP contribution < -0.4 is 38.1 Å². The number of fused-ring (bicyclic) bond motifs is 2. The number of carboxylic acids is 1. The monoisotopic (exact) mass is 831 g/mol. The third-order valence-corrected chi connectivity index (χ3v) is 13.2. The number of amides is 7. The van der Waals surface area contributed by atoms with Gasteiger partial charge in [-0.3, -0.25) is 38.4 Å². The summed E-state index contributed by atoms with van der Waals surface area (Å²) in [5, 5.41) is 23.4. The molecule has 1 aromatic carbocycles. The van der Waals surface area contributed by atoms with E-state index in [0.717, 1.165) is 10.9 Å². The number of carbonyl (C=O) groups excluding carboxylic acids is 7. The maximum atomic E-state index is 14.4. The maximum Gasteiger partial charge on any atom is 0.305 e. The highest BCUT2D eigenvalue weighted by atomic mass is 33.1. The average molecular weight is 832 g/mol. The van der Waals surface area contributed by atoms with Crippen molar-refractivity contribution >= 4 is 79.8 Å².